The summed E-state index contributed by atoms with van der Waals surface area (Å²) in [6.45, 7) is 6.23. The normalized spacial score (nSPS) is 10.8. The minimum absolute atomic E-state index is 0.207. The average molecular weight is 324 g/mol. The summed E-state index contributed by atoms with van der Waals surface area (Å²) in [5.74, 6) is 1.10. The summed E-state index contributed by atoms with van der Waals surface area (Å²) in [6.07, 6.45) is 1.82. The van der Waals surface area contributed by atoms with E-state index in [1.165, 1.54) is 0 Å². The molecule has 0 aliphatic carbocycles. The molecule has 0 spiro atoms. The molecule has 1 heterocycles. The smallest absolute Gasteiger partial charge is 0.310 e. The molecular weight excluding hydrogens is 304 g/mol. The molecule has 0 saturated heterocycles. The maximum Gasteiger partial charge on any atom is 0.310 e. The van der Waals surface area contributed by atoms with Crippen LogP contribution in [-0.2, 0) is 16.0 Å². The van der Waals surface area contributed by atoms with Crippen molar-refractivity contribution in [2.75, 3.05) is 6.61 Å². The standard InChI is InChI=1S/C20H20O4/c1-4-22-19(21)12-15-10-16-5-6-23-20(16)18(11-15)24-17-8-13(2)7-14(3)9-17/h5-11H,4,12H2,1-3H3. The minimum Gasteiger partial charge on any atom is -0.466 e. The average Bonchev–Trinajstić information content (AvgIpc) is 2.95. The van der Waals surface area contributed by atoms with Crippen molar-refractivity contribution in [3.63, 3.8) is 0 Å². The maximum absolute atomic E-state index is 11.8. The van der Waals surface area contributed by atoms with Crippen LogP contribution in [0.15, 0.2) is 47.1 Å². The van der Waals surface area contributed by atoms with Crippen LogP contribution in [0.25, 0.3) is 11.0 Å². The Hall–Kier alpha value is -2.75. The van der Waals surface area contributed by atoms with Crippen molar-refractivity contribution < 1.29 is 18.7 Å². The first-order valence-corrected chi connectivity index (χ1v) is 7.97. The van der Waals surface area contributed by atoms with Gasteiger partial charge in [-0.2, -0.15) is 0 Å². The second kappa shape index (κ2) is 6.79. The molecule has 24 heavy (non-hydrogen) atoms. The molecule has 4 nitrogen and oxygen atoms in total. The maximum atomic E-state index is 11.8. The van der Waals surface area contributed by atoms with E-state index in [1.54, 1.807) is 13.2 Å². The number of benzene rings is 2. The molecule has 0 atom stereocenters. The van der Waals surface area contributed by atoms with E-state index in [0.29, 0.717) is 17.9 Å². The Labute approximate surface area is 141 Å². The van der Waals surface area contributed by atoms with Crippen LogP contribution < -0.4 is 4.74 Å². The Morgan fingerprint density at radius 3 is 2.54 bits per heavy atom. The van der Waals surface area contributed by atoms with Crippen LogP contribution in [0.1, 0.15) is 23.6 Å². The predicted molar refractivity (Wildman–Crippen MR) is 92.5 cm³/mol. The lowest BCUT2D eigenvalue weighted by Crippen LogP contribution is -2.07. The number of rotatable bonds is 5. The zero-order chi connectivity index (χ0) is 17.1. The Morgan fingerprint density at radius 1 is 1.08 bits per heavy atom. The van der Waals surface area contributed by atoms with Gasteiger partial charge in [-0.25, -0.2) is 0 Å². The van der Waals surface area contributed by atoms with Gasteiger partial charge in [-0.05, 0) is 67.8 Å². The summed E-state index contributed by atoms with van der Waals surface area (Å²) in [4.78, 5) is 11.8. The topological polar surface area (TPSA) is 48.7 Å². The third-order valence-corrected chi connectivity index (χ3v) is 3.65. The van der Waals surface area contributed by atoms with Crippen molar-refractivity contribution >= 4 is 16.9 Å². The first-order valence-electron chi connectivity index (χ1n) is 7.97. The van der Waals surface area contributed by atoms with Crippen molar-refractivity contribution in [1.29, 1.82) is 0 Å². The second-order valence-electron chi connectivity index (χ2n) is 5.84. The van der Waals surface area contributed by atoms with Crippen LogP contribution in [0.4, 0.5) is 0 Å². The molecule has 0 unspecified atom stereocenters. The highest BCUT2D eigenvalue weighted by Gasteiger charge is 2.13. The number of ether oxygens (including phenoxy) is 2. The highest BCUT2D eigenvalue weighted by Crippen LogP contribution is 2.33. The molecule has 0 saturated carbocycles. The quantitative estimate of drug-likeness (QED) is 0.623. The van der Waals surface area contributed by atoms with Crippen molar-refractivity contribution in [2.45, 2.75) is 27.2 Å². The molecule has 1 aromatic heterocycles. The predicted octanol–water partition coefficient (Wildman–Crippen LogP) is 4.95. The fourth-order valence-electron chi connectivity index (χ4n) is 2.78. The Morgan fingerprint density at radius 2 is 1.83 bits per heavy atom. The van der Waals surface area contributed by atoms with Gasteiger partial charge in [0.25, 0.3) is 0 Å². The van der Waals surface area contributed by atoms with Gasteiger partial charge >= 0.3 is 5.97 Å². The van der Waals surface area contributed by atoms with Crippen LogP contribution in [0, 0.1) is 13.8 Å². The van der Waals surface area contributed by atoms with Crippen molar-refractivity contribution in [2.24, 2.45) is 0 Å². The van der Waals surface area contributed by atoms with Crippen LogP contribution in [0.3, 0.4) is 0 Å². The number of furan rings is 1. The first-order chi connectivity index (χ1) is 11.5. The molecule has 3 aromatic rings. The van der Waals surface area contributed by atoms with E-state index in [1.807, 2.05) is 44.2 Å². The number of esters is 1. The molecule has 4 heteroatoms. The Kier molecular flexibility index (Phi) is 4.56. The monoisotopic (exact) mass is 324 g/mol. The number of fused-ring (bicyclic) bond motifs is 1. The Balaban J connectivity index is 1.96. The van der Waals surface area contributed by atoms with Gasteiger partial charge < -0.3 is 13.9 Å². The minimum atomic E-state index is -0.252. The number of aryl methyl sites for hydroxylation is 2. The molecule has 0 amide bonds. The van der Waals surface area contributed by atoms with Crippen molar-refractivity contribution in [3.05, 3.63) is 59.4 Å². The van der Waals surface area contributed by atoms with Gasteiger partial charge in [0.2, 0.25) is 0 Å². The molecule has 0 aliphatic heterocycles. The number of hydrogen-bond donors (Lipinski definition) is 0. The van der Waals surface area contributed by atoms with Crippen molar-refractivity contribution in [1.82, 2.24) is 0 Å². The summed E-state index contributed by atoms with van der Waals surface area (Å²) < 4.78 is 16.6. The summed E-state index contributed by atoms with van der Waals surface area (Å²) in [5.41, 5.74) is 3.76. The van der Waals surface area contributed by atoms with Crippen molar-refractivity contribution in [3.8, 4) is 11.5 Å². The zero-order valence-electron chi connectivity index (χ0n) is 14.1. The summed E-state index contributed by atoms with van der Waals surface area (Å²) in [7, 11) is 0. The number of carbonyl (C=O) groups excluding carboxylic acids is 1. The van der Waals surface area contributed by atoms with Crippen LogP contribution in [-0.4, -0.2) is 12.6 Å². The summed E-state index contributed by atoms with van der Waals surface area (Å²) in [5, 5.41) is 0.899. The first kappa shape index (κ1) is 16.1. The molecule has 0 radical (unpaired) electrons. The molecular formula is C20H20O4. The fourth-order valence-corrected chi connectivity index (χ4v) is 2.78. The lowest BCUT2D eigenvalue weighted by molar-refractivity contribution is -0.142. The van der Waals surface area contributed by atoms with Gasteiger partial charge in [0.05, 0.1) is 19.3 Å². The van der Waals surface area contributed by atoms with E-state index in [9.17, 15) is 4.79 Å². The lowest BCUT2D eigenvalue weighted by Gasteiger charge is -2.10. The van der Waals surface area contributed by atoms with Gasteiger partial charge in [0, 0.05) is 5.39 Å². The largest absolute Gasteiger partial charge is 0.466 e. The molecule has 0 fully saturated rings. The van der Waals surface area contributed by atoms with Gasteiger partial charge in [-0.3, -0.25) is 4.79 Å². The molecule has 124 valence electrons. The van der Waals surface area contributed by atoms with E-state index < -0.39 is 0 Å². The molecule has 2 aromatic carbocycles. The molecule has 3 rings (SSSR count). The fraction of sp³-hybridized carbons (Fsp3) is 0.250. The Bertz CT molecular complexity index is 856. The van der Waals surface area contributed by atoms with E-state index in [0.717, 1.165) is 27.8 Å². The number of hydrogen-bond acceptors (Lipinski definition) is 4. The summed E-state index contributed by atoms with van der Waals surface area (Å²) in [6, 6.07) is 11.6. The second-order valence-corrected chi connectivity index (χ2v) is 5.84. The molecule has 0 N–H and O–H groups in total. The SMILES string of the molecule is CCOC(=O)Cc1cc(Oc2cc(C)cc(C)c2)c2occc2c1. The zero-order valence-corrected chi connectivity index (χ0v) is 14.1. The van der Waals surface area contributed by atoms with Gasteiger partial charge in [-0.1, -0.05) is 6.07 Å². The highest BCUT2D eigenvalue weighted by molar-refractivity contribution is 5.85. The van der Waals surface area contributed by atoms with Gasteiger partial charge in [-0.15, -0.1) is 0 Å². The van der Waals surface area contributed by atoms with Gasteiger partial charge in [0.1, 0.15) is 5.75 Å². The van der Waals surface area contributed by atoms with E-state index in [2.05, 4.69) is 6.07 Å². The third-order valence-electron chi connectivity index (χ3n) is 3.65. The summed E-state index contributed by atoms with van der Waals surface area (Å²) >= 11 is 0. The van der Waals surface area contributed by atoms with Crippen LogP contribution in [0.2, 0.25) is 0 Å². The van der Waals surface area contributed by atoms with E-state index >= 15 is 0 Å². The van der Waals surface area contributed by atoms with Crippen LogP contribution >= 0.6 is 0 Å². The van der Waals surface area contributed by atoms with Crippen LogP contribution in [0.5, 0.6) is 11.5 Å². The van der Waals surface area contributed by atoms with E-state index in [4.69, 9.17) is 13.9 Å². The molecule has 0 bridgehead atoms. The highest BCUT2D eigenvalue weighted by atomic mass is 16.5. The third kappa shape index (κ3) is 3.59. The van der Waals surface area contributed by atoms with E-state index in [-0.39, 0.29) is 12.4 Å². The molecule has 0 aliphatic rings. The number of carbonyl (C=O) groups is 1. The lowest BCUT2D eigenvalue weighted by atomic mass is 10.1. The van der Waals surface area contributed by atoms with Gasteiger partial charge in [0.15, 0.2) is 11.3 Å².